The smallest absolute Gasteiger partial charge is 0.321 e. The van der Waals surface area contributed by atoms with Gasteiger partial charge < -0.3 is 15.3 Å². The Labute approximate surface area is 149 Å². The van der Waals surface area contributed by atoms with Gasteiger partial charge in [-0.3, -0.25) is 24.2 Å². The molecule has 0 aliphatic carbocycles. The van der Waals surface area contributed by atoms with Crippen LogP contribution in [0.15, 0.2) is 0 Å². The van der Waals surface area contributed by atoms with Crippen LogP contribution in [-0.4, -0.2) is 79.8 Å². The van der Waals surface area contributed by atoms with Gasteiger partial charge in [-0.15, -0.1) is 0 Å². The molecule has 0 spiro atoms. The molecule has 0 aromatic carbocycles. The van der Waals surface area contributed by atoms with Crippen LogP contribution in [-0.2, 0) is 14.4 Å². The molecular formula is C17H32N2O6. The summed E-state index contributed by atoms with van der Waals surface area (Å²) in [4.78, 5) is 37.1. The highest BCUT2D eigenvalue weighted by atomic mass is 16.4. The Kier molecular flexibility index (Phi) is 8.53. The summed E-state index contributed by atoms with van der Waals surface area (Å²) in [6.45, 7) is 12.0. The van der Waals surface area contributed by atoms with E-state index in [1.54, 1.807) is 4.90 Å². The molecule has 0 fully saturated rings. The summed E-state index contributed by atoms with van der Waals surface area (Å²) in [5.74, 6) is -3.25. The third kappa shape index (κ3) is 8.83. The second kappa shape index (κ2) is 9.15. The van der Waals surface area contributed by atoms with Crippen LogP contribution >= 0.6 is 0 Å². The third-order valence-electron chi connectivity index (χ3n) is 3.99. The molecule has 25 heavy (non-hydrogen) atoms. The molecule has 0 rings (SSSR count). The molecule has 3 N–H and O–H groups in total. The first-order valence-electron chi connectivity index (χ1n) is 8.34. The molecule has 0 amide bonds. The fourth-order valence-corrected chi connectivity index (χ4v) is 2.70. The van der Waals surface area contributed by atoms with Gasteiger partial charge in [0.25, 0.3) is 0 Å². The molecule has 0 aromatic rings. The average Bonchev–Trinajstić information content (AvgIpc) is 2.36. The number of rotatable bonds is 10. The van der Waals surface area contributed by atoms with E-state index in [1.165, 1.54) is 0 Å². The van der Waals surface area contributed by atoms with Gasteiger partial charge in [0.05, 0.1) is 13.0 Å². The SMILES string of the molecule is CC(C)(C)N(CCCN(C(CC(=O)O)C(=O)O)C(C)(C)C)CC(=O)O. The zero-order valence-corrected chi connectivity index (χ0v) is 16.1. The predicted octanol–water partition coefficient (Wildman–Crippen LogP) is 1.59. The van der Waals surface area contributed by atoms with Crippen LogP contribution in [0.2, 0.25) is 0 Å². The normalized spacial score (nSPS) is 13.9. The minimum Gasteiger partial charge on any atom is -0.481 e. The predicted molar refractivity (Wildman–Crippen MR) is 93.7 cm³/mol. The topological polar surface area (TPSA) is 118 Å². The Morgan fingerprint density at radius 2 is 1.36 bits per heavy atom. The average molecular weight is 360 g/mol. The van der Waals surface area contributed by atoms with E-state index in [-0.39, 0.29) is 12.1 Å². The van der Waals surface area contributed by atoms with Gasteiger partial charge in [-0.25, -0.2) is 0 Å². The molecule has 146 valence electrons. The Hall–Kier alpha value is -1.67. The van der Waals surface area contributed by atoms with Crippen LogP contribution in [0, 0.1) is 0 Å². The standard InChI is InChI=1S/C17H32N2O6/c1-16(2,3)18(11-14(22)23)8-7-9-19(17(4,5)6)12(15(24)25)10-13(20)21/h12H,7-11H2,1-6H3,(H,20,21)(H,22,23)(H,24,25). The van der Waals surface area contributed by atoms with Crippen molar-refractivity contribution in [2.75, 3.05) is 19.6 Å². The van der Waals surface area contributed by atoms with E-state index in [0.29, 0.717) is 19.5 Å². The summed E-state index contributed by atoms with van der Waals surface area (Å²) in [6, 6.07) is -1.12. The largest absolute Gasteiger partial charge is 0.481 e. The van der Waals surface area contributed by atoms with Crippen molar-refractivity contribution in [3.05, 3.63) is 0 Å². The summed E-state index contributed by atoms with van der Waals surface area (Å²) in [5.41, 5.74) is -0.865. The maximum atomic E-state index is 11.5. The molecule has 0 bridgehead atoms. The van der Waals surface area contributed by atoms with Crippen LogP contribution < -0.4 is 0 Å². The highest BCUT2D eigenvalue weighted by Crippen LogP contribution is 2.21. The van der Waals surface area contributed by atoms with Crippen LogP contribution in [0.1, 0.15) is 54.4 Å². The maximum absolute atomic E-state index is 11.5. The summed E-state index contributed by atoms with van der Waals surface area (Å²) >= 11 is 0. The van der Waals surface area contributed by atoms with E-state index in [1.807, 2.05) is 46.4 Å². The Morgan fingerprint density at radius 3 is 1.68 bits per heavy atom. The zero-order chi connectivity index (χ0) is 20.0. The lowest BCUT2D eigenvalue weighted by molar-refractivity contribution is -0.152. The van der Waals surface area contributed by atoms with Crippen molar-refractivity contribution in [3.8, 4) is 0 Å². The molecule has 0 saturated heterocycles. The van der Waals surface area contributed by atoms with Crippen LogP contribution in [0.25, 0.3) is 0 Å². The van der Waals surface area contributed by atoms with Crippen LogP contribution in [0.5, 0.6) is 0 Å². The molecule has 1 atom stereocenters. The van der Waals surface area contributed by atoms with Crippen molar-refractivity contribution in [2.45, 2.75) is 71.5 Å². The van der Waals surface area contributed by atoms with E-state index in [0.717, 1.165) is 0 Å². The highest BCUT2D eigenvalue weighted by Gasteiger charge is 2.35. The first-order valence-corrected chi connectivity index (χ1v) is 8.34. The third-order valence-corrected chi connectivity index (χ3v) is 3.99. The molecule has 8 heteroatoms. The lowest BCUT2D eigenvalue weighted by atomic mass is 10.00. The summed E-state index contributed by atoms with van der Waals surface area (Å²) < 4.78 is 0. The number of carbonyl (C=O) groups is 3. The van der Waals surface area contributed by atoms with Gasteiger partial charge in [0, 0.05) is 24.2 Å². The van der Waals surface area contributed by atoms with E-state index in [2.05, 4.69) is 0 Å². The van der Waals surface area contributed by atoms with E-state index >= 15 is 0 Å². The lowest BCUT2D eigenvalue weighted by Gasteiger charge is -2.40. The summed E-state index contributed by atoms with van der Waals surface area (Å²) in [6.07, 6.45) is 0.0515. The van der Waals surface area contributed by atoms with Gasteiger partial charge in [0.15, 0.2) is 0 Å². The highest BCUT2D eigenvalue weighted by molar-refractivity contribution is 5.80. The second-order valence-corrected chi connectivity index (χ2v) is 8.16. The van der Waals surface area contributed by atoms with Crippen molar-refractivity contribution in [2.24, 2.45) is 0 Å². The molecule has 0 aliphatic rings. The van der Waals surface area contributed by atoms with E-state index in [9.17, 15) is 19.5 Å². The van der Waals surface area contributed by atoms with Crippen molar-refractivity contribution < 1.29 is 29.7 Å². The number of carboxylic acids is 3. The van der Waals surface area contributed by atoms with Crippen LogP contribution in [0.4, 0.5) is 0 Å². The van der Waals surface area contributed by atoms with Gasteiger partial charge in [-0.05, 0) is 48.0 Å². The van der Waals surface area contributed by atoms with Gasteiger partial charge in [0.1, 0.15) is 6.04 Å². The summed E-state index contributed by atoms with van der Waals surface area (Å²) in [5, 5.41) is 27.5. The number of carboxylic acid groups (broad SMARTS) is 3. The van der Waals surface area contributed by atoms with Gasteiger partial charge in [0.2, 0.25) is 0 Å². The van der Waals surface area contributed by atoms with E-state index < -0.39 is 35.9 Å². The van der Waals surface area contributed by atoms with Crippen LogP contribution in [0.3, 0.4) is 0 Å². The molecule has 8 nitrogen and oxygen atoms in total. The van der Waals surface area contributed by atoms with Crippen molar-refractivity contribution in [3.63, 3.8) is 0 Å². The van der Waals surface area contributed by atoms with Gasteiger partial charge >= 0.3 is 17.9 Å². The molecule has 0 aliphatic heterocycles. The fraction of sp³-hybridized carbons (Fsp3) is 0.824. The van der Waals surface area contributed by atoms with Gasteiger partial charge in [-0.2, -0.15) is 0 Å². The molecule has 0 heterocycles. The minimum absolute atomic E-state index is 0.101. The molecule has 0 aromatic heterocycles. The molecule has 1 unspecified atom stereocenters. The molecular weight excluding hydrogens is 328 g/mol. The number of hydrogen-bond donors (Lipinski definition) is 3. The Bertz CT molecular complexity index is 479. The first kappa shape index (κ1) is 23.3. The number of aliphatic carboxylic acids is 3. The van der Waals surface area contributed by atoms with Gasteiger partial charge in [-0.1, -0.05) is 0 Å². The second-order valence-electron chi connectivity index (χ2n) is 8.16. The fourth-order valence-electron chi connectivity index (χ4n) is 2.70. The van der Waals surface area contributed by atoms with Crippen molar-refractivity contribution >= 4 is 17.9 Å². The first-order chi connectivity index (χ1) is 11.2. The Balaban J connectivity index is 5.13. The Morgan fingerprint density at radius 1 is 0.840 bits per heavy atom. The lowest BCUT2D eigenvalue weighted by Crippen LogP contribution is -2.53. The summed E-state index contributed by atoms with van der Waals surface area (Å²) in [7, 11) is 0. The minimum atomic E-state index is -1.17. The monoisotopic (exact) mass is 360 g/mol. The number of hydrogen-bond acceptors (Lipinski definition) is 5. The quantitative estimate of drug-likeness (QED) is 0.537. The van der Waals surface area contributed by atoms with Crippen molar-refractivity contribution in [1.29, 1.82) is 0 Å². The zero-order valence-electron chi connectivity index (χ0n) is 16.1. The van der Waals surface area contributed by atoms with E-state index in [4.69, 9.17) is 10.2 Å². The molecule has 0 saturated carbocycles. The molecule has 0 radical (unpaired) electrons. The maximum Gasteiger partial charge on any atom is 0.321 e. The van der Waals surface area contributed by atoms with Crippen molar-refractivity contribution in [1.82, 2.24) is 9.80 Å². The number of nitrogens with zero attached hydrogens (tertiary/aromatic N) is 2.